The van der Waals surface area contributed by atoms with E-state index in [-0.39, 0.29) is 12.8 Å². The molecular weight excluding hydrogens is 447 g/mol. The summed E-state index contributed by atoms with van der Waals surface area (Å²) in [5.41, 5.74) is -2.05. The second kappa shape index (κ2) is 9.02. The lowest BCUT2D eigenvalue weighted by Crippen LogP contribution is -2.59. The first-order valence-corrected chi connectivity index (χ1v) is 11.4. The highest BCUT2D eigenvalue weighted by Gasteiger charge is 2.65. The molecule has 2 heterocycles. The van der Waals surface area contributed by atoms with E-state index in [1.807, 2.05) is 60.7 Å². The van der Waals surface area contributed by atoms with E-state index < -0.39 is 49.9 Å². The zero-order valence-corrected chi connectivity index (χ0v) is 19.1. The summed E-state index contributed by atoms with van der Waals surface area (Å²) < 4.78 is 22.6. The summed E-state index contributed by atoms with van der Waals surface area (Å²) in [5.74, 6) is -2.26. The Labute approximate surface area is 192 Å². The summed E-state index contributed by atoms with van der Waals surface area (Å²) in [5, 5.41) is 3.37. The van der Waals surface area contributed by atoms with Crippen molar-refractivity contribution in [3.63, 3.8) is 0 Å². The van der Waals surface area contributed by atoms with Gasteiger partial charge in [0, 0.05) is 6.42 Å². The normalized spacial score (nSPS) is 27.2. The summed E-state index contributed by atoms with van der Waals surface area (Å²) in [6.45, 7) is 3.11. The second-order valence-corrected chi connectivity index (χ2v) is 8.60. The molecule has 4 rings (SSSR count). The van der Waals surface area contributed by atoms with Crippen molar-refractivity contribution in [1.29, 1.82) is 0 Å². The van der Waals surface area contributed by atoms with E-state index in [1.54, 1.807) is 6.92 Å². The Hall–Kier alpha value is -3.13. The molecule has 3 unspecified atom stereocenters. The van der Waals surface area contributed by atoms with E-state index >= 15 is 0 Å². The summed E-state index contributed by atoms with van der Waals surface area (Å²) in [6, 6.07) is 18.2. The number of hydroxylamine groups is 2. The van der Waals surface area contributed by atoms with Gasteiger partial charge in [-0.15, -0.1) is 0 Å². The third-order valence-corrected chi connectivity index (χ3v) is 6.66. The van der Waals surface area contributed by atoms with Crippen molar-refractivity contribution >= 4 is 26.5 Å². The minimum absolute atomic E-state index is 0.0919. The molecule has 0 spiro atoms. The molecule has 10 heteroatoms. The van der Waals surface area contributed by atoms with Gasteiger partial charge in [0.1, 0.15) is 6.10 Å². The summed E-state index contributed by atoms with van der Waals surface area (Å²) in [6.07, 6.45) is -1.81. The monoisotopic (exact) mass is 471 g/mol. The lowest BCUT2D eigenvalue weighted by Gasteiger charge is -2.34. The van der Waals surface area contributed by atoms with Gasteiger partial charge in [0.15, 0.2) is 11.6 Å². The standard InChI is InChI=1S/C23H23N2O7P/c1-15-22(2,24-33-29)20(27)25(32-15)23(14-13-18(26)31-23)21(28)30-19(16-9-5-3-6-10-16)17-11-7-4-8-12-17/h3-12,15,19H,13-14H2,1-2H3,(H,24,29)/p+1/t15?,22-,23?/m0/s1. The molecular formula is C23H24N2O7P+. The van der Waals surface area contributed by atoms with Gasteiger partial charge in [-0.1, -0.05) is 70.3 Å². The number of nitrogens with zero attached hydrogens (tertiary/aromatic N) is 1. The van der Waals surface area contributed by atoms with Crippen LogP contribution < -0.4 is 5.09 Å². The number of ether oxygens (including phenoxy) is 2. The van der Waals surface area contributed by atoms with Crippen molar-refractivity contribution in [1.82, 2.24) is 10.2 Å². The lowest BCUT2D eigenvalue weighted by molar-refractivity contribution is -0.270. The molecule has 1 N–H and O–H groups in total. The number of benzene rings is 2. The molecule has 0 bridgehead atoms. The van der Waals surface area contributed by atoms with Gasteiger partial charge >= 0.3 is 26.3 Å². The molecule has 2 saturated heterocycles. The number of hydrogen-bond acceptors (Lipinski definition) is 7. The van der Waals surface area contributed by atoms with Crippen LogP contribution in [0.25, 0.3) is 0 Å². The zero-order valence-electron chi connectivity index (χ0n) is 18.1. The maximum atomic E-state index is 13.6. The number of amides is 1. The number of nitrogens with one attached hydrogen (secondary N) is 1. The Morgan fingerprint density at radius 3 is 2.18 bits per heavy atom. The van der Waals surface area contributed by atoms with Crippen LogP contribution >= 0.6 is 8.61 Å². The molecule has 2 aromatic carbocycles. The molecule has 4 atom stereocenters. The average Bonchev–Trinajstić information content (AvgIpc) is 3.33. The summed E-state index contributed by atoms with van der Waals surface area (Å²) >= 11 is 0. The molecule has 0 aromatic heterocycles. The van der Waals surface area contributed by atoms with Gasteiger partial charge in [-0.3, -0.25) is 14.4 Å². The predicted octanol–water partition coefficient (Wildman–Crippen LogP) is 2.80. The Bertz CT molecular complexity index is 1030. The van der Waals surface area contributed by atoms with Crippen LogP contribution in [-0.2, 0) is 33.3 Å². The SMILES string of the molecule is CC1ON(C2(C(=O)OC(c3ccccc3)c3ccccc3)CCC(=O)O2)C(=O)[C@@]1(C)N[PH+]=O. The van der Waals surface area contributed by atoms with Gasteiger partial charge in [-0.2, -0.15) is 5.06 Å². The topological polar surface area (TPSA) is 111 Å². The van der Waals surface area contributed by atoms with Crippen LogP contribution in [0.5, 0.6) is 0 Å². The Balaban J connectivity index is 1.70. The molecule has 2 fully saturated rings. The maximum Gasteiger partial charge on any atom is 0.419 e. The highest BCUT2D eigenvalue weighted by atomic mass is 31.1. The van der Waals surface area contributed by atoms with Gasteiger partial charge in [0.05, 0.1) is 6.42 Å². The molecule has 2 aromatic rings. The van der Waals surface area contributed by atoms with Crippen LogP contribution in [-0.4, -0.2) is 40.3 Å². The first-order valence-electron chi connectivity index (χ1n) is 10.5. The van der Waals surface area contributed by atoms with Crippen LogP contribution in [0.2, 0.25) is 0 Å². The van der Waals surface area contributed by atoms with Crippen molar-refractivity contribution in [2.45, 2.75) is 50.2 Å². The minimum Gasteiger partial charge on any atom is -0.448 e. The fourth-order valence-electron chi connectivity index (χ4n) is 3.92. The fourth-order valence-corrected chi connectivity index (χ4v) is 4.44. The van der Waals surface area contributed by atoms with Gasteiger partial charge < -0.3 is 9.47 Å². The third-order valence-electron chi connectivity index (χ3n) is 6.04. The smallest absolute Gasteiger partial charge is 0.419 e. The van der Waals surface area contributed by atoms with Gasteiger partial charge in [-0.05, 0) is 25.0 Å². The summed E-state index contributed by atoms with van der Waals surface area (Å²) in [7, 11) is -0.979. The molecule has 0 radical (unpaired) electrons. The quantitative estimate of drug-likeness (QED) is 0.485. The number of rotatable bonds is 7. The number of carbonyl (C=O) groups is 3. The van der Waals surface area contributed by atoms with Crippen LogP contribution in [0.1, 0.15) is 43.9 Å². The van der Waals surface area contributed by atoms with E-state index in [0.717, 1.165) is 5.06 Å². The maximum absolute atomic E-state index is 13.6. The summed E-state index contributed by atoms with van der Waals surface area (Å²) in [4.78, 5) is 44.7. The van der Waals surface area contributed by atoms with Crippen molar-refractivity contribution in [3.8, 4) is 0 Å². The van der Waals surface area contributed by atoms with Crippen LogP contribution in [0, 0.1) is 0 Å². The number of hydrogen-bond donors (Lipinski definition) is 1. The van der Waals surface area contributed by atoms with Gasteiger partial charge in [-0.25, -0.2) is 4.79 Å². The number of cyclic esters (lactones) is 1. The van der Waals surface area contributed by atoms with Crippen molar-refractivity contribution < 1.29 is 33.3 Å². The van der Waals surface area contributed by atoms with E-state index in [1.165, 1.54) is 6.92 Å². The van der Waals surface area contributed by atoms with E-state index in [2.05, 4.69) is 5.09 Å². The molecule has 0 aliphatic carbocycles. The molecule has 172 valence electrons. The van der Waals surface area contributed by atoms with Crippen LogP contribution in [0.4, 0.5) is 0 Å². The first kappa shape index (κ1) is 23.0. The third kappa shape index (κ3) is 4.04. The first-order chi connectivity index (χ1) is 15.8. The second-order valence-electron chi connectivity index (χ2n) is 8.14. The van der Waals surface area contributed by atoms with Crippen molar-refractivity contribution in [3.05, 3.63) is 71.8 Å². The van der Waals surface area contributed by atoms with Crippen molar-refractivity contribution in [2.75, 3.05) is 0 Å². The Morgan fingerprint density at radius 2 is 1.70 bits per heavy atom. The van der Waals surface area contributed by atoms with E-state index in [4.69, 9.17) is 14.3 Å². The molecule has 2 aliphatic rings. The number of carbonyl (C=O) groups excluding carboxylic acids is 3. The molecule has 2 aliphatic heterocycles. The average molecular weight is 471 g/mol. The highest BCUT2D eigenvalue weighted by molar-refractivity contribution is 7.21. The Morgan fingerprint density at radius 1 is 1.12 bits per heavy atom. The van der Waals surface area contributed by atoms with Crippen LogP contribution in [0.15, 0.2) is 60.7 Å². The predicted molar refractivity (Wildman–Crippen MR) is 117 cm³/mol. The fraction of sp³-hybridized carbons (Fsp3) is 0.348. The van der Waals surface area contributed by atoms with E-state index in [9.17, 15) is 18.9 Å². The molecule has 0 saturated carbocycles. The zero-order chi connectivity index (χ0) is 23.6. The van der Waals surface area contributed by atoms with Crippen molar-refractivity contribution in [2.24, 2.45) is 0 Å². The Kier molecular flexibility index (Phi) is 6.30. The largest absolute Gasteiger partial charge is 0.448 e. The minimum atomic E-state index is -2.09. The van der Waals surface area contributed by atoms with Gasteiger partial charge in [0.25, 0.3) is 5.91 Å². The molecule has 9 nitrogen and oxygen atoms in total. The highest BCUT2D eigenvalue weighted by Crippen LogP contribution is 2.41. The molecule has 33 heavy (non-hydrogen) atoms. The van der Waals surface area contributed by atoms with Gasteiger partial charge in [0.2, 0.25) is 0 Å². The number of esters is 2. The molecule has 1 amide bonds. The lowest BCUT2D eigenvalue weighted by atomic mass is 9.96. The van der Waals surface area contributed by atoms with Crippen LogP contribution in [0.3, 0.4) is 0 Å². The van der Waals surface area contributed by atoms with E-state index in [0.29, 0.717) is 11.1 Å².